The molecule has 198 valence electrons. The highest BCUT2D eigenvalue weighted by atomic mass is 19.1. The number of benzene rings is 2. The van der Waals surface area contributed by atoms with Crippen molar-refractivity contribution in [2.75, 3.05) is 4.90 Å². The van der Waals surface area contributed by atoms with Crippen molar-refractivity contribution >= 4 is 11.7 Å². The highest BCUT2D eigenvalue weighted by Gasteiger charge is 2.41. The maximum absolute atomic E-state index is 14.2. The Morgan fingerprint density at radius 1 is 1.00 bits per heavy atom. The molecule has 3 heterocycles. The Kier molecular flexibility index (Phi) is 5.81. The van der Waals surface area contributed by atoms with E-state index in [1.165, 1.54) is 37.8 Å². The fourth-order valence-electron chi connectivity index (χ4n) is 5.96. The minimum atomic E-state index is -0.350. The predicted molar refractivity (Wildman–Crippen MR) is 147 cm³/mol. The Hall–Kier alpha value is -3.91. The van der Waals surface area contributed by atoms with E-state index in [4.69, 9.17) is 4.98 Å². The first-order chi connectivity index (χ1) is 18.9. The molecule has 0 saturated heterocycles. The molecule has 2 aromatic carbocycles. The minimum Gasteiger partial charge on any atom is -0.317 e. The van der Waals surface area contributed by atoms with Crippen molar-refractivity contribution in [2.45, 2.75) is 51.7 Å². The normalized spacial score (nSPS) is 16.8. The molecule has 0 bridgehead atoms. The minimum absolute atomic E-state index is 0.0694. The highest BCUT2D eigenvalue weighted by molar-refractivity contribution is 6.10. The quantitative estimate of drug-likeness (QED) is 0.334. The molecule has 1 N–H and O–H groups in total. The Balaban J connectivity index is 1.16. The number of amides is 1. The first-order valence-corrected chi connectivity index (χ1v) is 13.7. The number of pyridine rings is 1. The molecule has 1 amide bonds. The van der Waals surface area contributed by atoms with E-state index in [-0.39, 0.29) is 11.7 Å². The third kappa shape index (κ3) is 4.63. The number of halogens is 1. The molecule has 0 unspecified atom stereocenters. The highest BCUT2D eigenvalue weighted by Crippen LogP contribution is 2.44. The van der Waals surface area contributed by atoms with Gasteiger partial charge in [0.2, 0.25) is 0 Å². The van der Waals surface area contributed by atoms with Crippen LogP contribution in [0.4, 0.5) is 10.2 Å². The first-order valence-electron chi connectivity index (χ1n) is 13.7. The van der Waals surface area contributed by atoms with Crippen LogP contribution < -0.4 is 10.2 Å². The fraction of sp³-hybridized carbons (Fsp3) is 0.355. The number of nitrogens with zero attached hydrogens (tertiary/aromatic N) is 5. The van der Waals surface area contributed by atoms with Crippen LogP contribution in [0.15, 0.2) is 54.9 Å². The molecule has 1 aliphatic heterocycles. The number of rotatable bonds is 8. The monoisotopic (exact) mass is 522 g/mol. The van der Waals surface area contributed by atoms with Gasteiger partial charge in [0.05, 0.1) is 6.54 Å². The molecule has 7 nitrogen and oxygen atoms in total. The SMILES string of the molecule is Cc1cc(CNC(C2CC2)C2CC2)cc(N2Cc3ccc(-c4ccc(F)cc4-c4nncn4C)cc3C2=O)n1. The molecule has 2 saturated carbocycles. The number of carbonyl (C=O) groups is 1. The van der Waals surface area contributed by atoms with E-state index in [1.807, 2.05) is 38.2 Å². The lowest BCUT2D eigenvalue weighted by molar-refractivity contribution is 0.0996. The summed E-state index contributed by atoms with van der Waals surface area (Å²) >= 11 is 0. The van der Waals surface area contributed by atoms with Gasteiger partial charge in [0.15, 0.2) is 5.82 Å². The number of anilines is 1. The average Bonchev–Trinajstić information content (AvgIpc) is 3.86. The van der Waals surface area contributed by atoms with Crippen LogP contribution in [0.2, 0.25) is 0 Å². The largest absolute Gasteiger partial charge is 0.317 e. The number of hydrogen-bond donors (Lipinski definition) is 1. The molecule has 2 aliphatic carbocycles. The zero-order valence-electron chi connectivity index (χ0n) is 22.2. The molecule has 7 rings (SSSR count). The van der Waals surface area contributed by atoms with Gasteiger partial charge >= 0.3 is 0 Å². The van der Waals surface area contributed by atoms with Gasteiger partial charge in [-0.3, -0.25) is 9.69 Å². The van der Waals surface area contributed by atoms with Crippen molar-refractivity contribution in [3.8, 4) is 22.5 Å². The van der Waals surface area contributed by atoms with E-state index in [0.717, 1.165) is 46.3 Å². The van der Waals surface area contributed by atoms with Gasteiger partial charge in [-0.2, -0.15) is 0 Å². The van der Waals surface area contributed by atoms with Crippen molar-refractivity contribution in [1.29, 1.82) is 0 Å². The van der Waals surface area contributed by atoms with Crippen LogP contribution in [-0.2, 0) is 20.1 Å². The van der Waals surface area contributed by atoms with Gasteiger partial charge in [0.1, 0.15) is 18.0 Å². The second-order valence-electron chi connectivity index (χ2n) is 11.3. The molecule has 39 heavy (non-hydrogen) atoms. The number of aryl methyl sites for hydroxylation is 2. The first kappa shape index (κ1) is 24.2. The summed E-state index contributed by atoms with van der Waals surface area (Å²) in [5.41, 5.74) is 5.92. The summed E-state index contributed by atoms with van der Waals surface area (Å²) in [6.07, 6.45) is 6.96. The molecular weight excluding hydrogens is 491 g/mol. The Labute approximate surface area is 227 Å². The van der Waals surface area contributed by atoms with Gasteiger partial charge in [0.25, 0.3) is 5.91 Å². The smallest absolute Gasteiger partial charge is 0.260 e. The maximum Gasteiger partial charge on any atom is 0.260 e. The summed E-state index contributed by atoms with van der Waals surface area (Å²) in [4.78, 5) is 20.2. The van der Waals surface area contributed by atoms with Crippen molar-refractivity contribution in [3.05, 3.63) is 83.1 Å². The molecule has 0 atom stereocenters. The summed E-state index contributed by atoms with van der Waals surface area (Å²) in [6, 6.07) is 15.3. The summed E-state index contributed by atoms with van der Waals surface area (Å²) < 4.78 is 16.0. The predicted octanol–water partition coefficient (Wildman–Crippen LogP) is 5.43. The number of fused-ring (bicyclic) bond motifs is 1. The van der Waals surface area contributed by atoms with Crippen LogP contribution in [0.1, 0.15) is 52.9 Å². The van der Waals surface area contributed by atoms with Gasteiger partial charge in [-0.05, 0) is 97.0 Å². The van der Waals surface area contributed by atoms with Crippen LogP contribution in [-0.4, -0.2) is 31.7 Å². The average molecular weight is 523 g/mol. The van der Waals surface area contributed by atoms with E-state index in [9.17, 15) is 9.18 Å². The zero-order valence-corrected chi connectivity index (χ0v) is 22.2. The Morgan fingerprint density at radius 2 is 1.79 bits per heavy atom. The molecule has 0 spiro atoms. The second-order valence-corrected chi connectivity index (χ2v) is 11.3. The number of aromatic nitrogens is 4. The number of hydrogen-bond acceptors (Lipinski definition) is 5. The number of carbonyl (C=O) groups excluding carboxylic acids is 1. The topological polar surface area (TPSA) is 75.9 Å². The summed E-state index contributed by atoms with van der Waals surface area (Å²) in [7, 11) is 1.82. The summed E-state index contributed by atoms with van der Waals surface area (Å²) in [6.45, 7) is 3.26. The molecule has 8 heteroatoms. The van der Waals surface area contributed by atoms with Crippen molar-refractivity contribution in [3.63, 3.8) is 0 Å². The van der Waals surface area contributed by atoms with Crippen LogP contribution in [0, 0.1) is 24.6 Å². The van der Waals surface area contributed by atoms with Gasteiger partial charge in [-0.1, -0.05) is 18.2 Å². The molecule has 2 aromatic heterocycles. The lowest BCUT2D eigenvalue weighted by atomic mass is 9.96. The molecule has 2 fully saturated rings. The van der Waals surface area contributed by atoms with E-state index in [0.29, 0.717) is 35.4 Å². The standard InChI is InChI=1S/C31H31FN6O/c1-18-11-19(15-33-29(20-3-4-20)21-5-6-21)12-28(35-18)38-16-23-8-7-22(13-26(23)31(38)39)25-10-9-24(32)14-27(25)30-36-34-17-37(30)2/h7-14,17,20-21,29,33H,3-6,15-16H2,1-2H3. The van der Waals surface area contributed by atoms with E-state index in [2.05, 4.69) is 21.6 Å². The summed E-state index contributed by atoms with van der Waals surface area (Å²) in [5, 5.41) is 11.9. The zero-order chi connectivity index (χ0) is 26.7. The van der Waals surface area contributed by atoms with Crippen LogP contribution in [0.25, 0.3) is 22.5 Å². The third-order valence-corrected chi connectivity index (χ3v) is 8.24. The Bertz CT molecular complexity index is 1580. The van der Waals surface area contributed by atoms with Gasteiger partial charge in [-0.25, -0.2) is 9.37 Å². The van der Waals surface area contributed by atoms with Crippen LogP contribution in [0.5, 0.6) is 0 Å². The maximum atomic E-state index is 14.2. The lowest BCUT2D eigenvalue weighted by Crippen LogP contribution is -2.32. The third-order valence-electron chi connectivity index (χ3n) is 8.24. The lowest BCUT2D eigenvalue weighted by Gasteiger charge is -2.20. The van der Waals surface area contributed by atoms with Gasteiger partial charge in [0, 0.05) is 36.5 Å². The Morgan fingerprint density at radius 3 is 2.51 bits per heavy atom. The fourth-order valence-corrected chi connectivity index (χ4v) is 5.96. The van der Waals surface area contributed by atoms with Crippen molar-refractivity contribution < 1.29 is 9.18 Å². The molecule has 0 radical (unpaired) electrons. The summed E-state index contributed by atoms with van der Waals surface area (Å²) in [5.74, 6) is 2.49. The van der Waals surface area contributed by atoms with Crippen molar-refractivity contribution in [2.24, 2.45) is 18.9 Å². The van der Waals surface area contributed by atoms with Crippen molar-refractivity contribution in [1.82, 2.24) is 25.1 Å². The van der Waals surface area contributed by atoms with E-state index >= 15 is 0 Å². The second kappa shape index (κ2) is 9.38. The van der Waals surface area contributed by atoms with E-state index < -0.39 is 0 Å². The molecule has 3 aliphatic rings. The van der Waals surface area contributed by atoms with Crippen LogP contribution in [0.3, 0.4) is 0 Å². The van der Waals surface area contributed by atoms with Crippen LogP contribution >= 0.6 is 0 Å². The molecule has 4 aromatic rings. The van der Waals surface area contributed by atoms with Gasteiger partial charge < -0.3 is 9.88 Å². The van der Waals surface area contributed by atoms with E-state index in [1.54, 1.807) is 21.9 Å². The molecular formula is C31H31FN6O. The van der Waals surface area contributed by atoms with Gasteiger partial charge in [-0.15, -0.1) is 10.2 Å². The number of nitrogens with one attached hydrogen (secondary N) is 1.